The Hall–Kier alpha value is -0.0800. The molecule has 0 aromatic heterocycles. The summed E-state index contributed by atoms with van der Waals surface area (Å²) in [6.07, 6.45) is 2.61. The normalized spacial score (nSPS) is 52.0. The molecule has 0 spiro atoms. The van der Waals surface area contributed by atoms with Crippen LogP contribution in [0.4, 0.5) is 0 Å². The van der Waals surface area contributed by atoms with Gasteiger partial charge in [0.25, 0.3) is 0 Å². The largest absolute Gasteiger partial charge is 0.324 e. The van der Waals surface area contributed by atoms with Crippen LogP contribution < -0.4 is 0 Å². The van der Waals surface area contributed by atoms with Crippen molar-refractivity contribution < 1.29 is 9.47 Å². The SMILES string of the molecule is C1CC2OC1O2. The van der Waals surface area contributed by atoms with Crippen LogP contribution in [0.3, 0.4) is 0 Å². The quantitative estimate of drug-likeness (QED) is 0.427. The van der Waals surface area contributed by atoms with Gasteiger partial charge in [-0.3, -0.25) is 0 Å². The first kappa shape index (κ1) is 2.99. The van der Waals surface area contributed by atoms with Crippen molar-refractivity contribution in [3.63, 3.8) is 0 Å². The molecule has 2 bridgehead atoms. The molecule has 0 aliphatic carbocycles. The Morgan fingerprint density at radius 1 is 1.00 bits per heavy atom. The maximum atomic E-state index is 5.03. The lowest BCUT2D eigenvalue weighted by atomic mass is 10.4. The predicted octanol–water partition coefficient (Wildman–Crippen LogP) is 0.479. The second-order valence-electron chi connectivity index (χ2n) is 1.71. The highest BCUT2D eigenvalue weighted by molar-refractivity contribution is 4.69. The van der Waals surface area contributed by atoms with E-state index in [2.05, 4.69) is 0 Å². The van der Waals surface area contributed by atoms with Crippen molar-refractivity contribution >= 4 is 0 Å². The van der Waals surface area contributed by atoms with E-state index in [1.165, 1.54) is 0 Å². The third-order valence-electron chi connectivity index (χ3n) is 1.25. The molecule has 3 heterocycles. The standard InChI is InChI=1S/C4H6O2/c1-2-4-5-3(1)6-4/h3-4H,1-2H2. The van der Waals surface area contributed by atoms with Crippen LogP contribution in [-0.2, 0) is 9.47 Å². The van der Waals surface area contributed by atoms with Crippen LogP contribution >= 0.6 is 0 Å². The molecule has 0 saturated carbocycles. The molecule has 0 amide bonds. The summed E-state index contributed by atoms with van der Waals surface area (Å²) in [6, 6.07) is 0. The first-order chi connectivity index (χ1) is 2.95. The molecule has 3 aliphatic heterocycles. The number of hydrogen-bond acceptors (Lipinski definition) is 2. The van der Waals surface area contributed by atoms with E-state index in [-0.39, 0.29) is 12.6 Å². The van der Waals surface area contributed by atoms with Gasteiger partial charge in [0.15, 0.2) is 12.6 Å². The minimum atomic E-state index is 0.190. The first-order valence-corrected chi connectivity index (χ1v) is 2.26. The van der Waals surface area contributed by atoms with E-state index in [9.17, 15) is 0 Å². The van der Waals surface area contributed by atoms with Gasteiger partial charge in [0.05, 0.1) is 0 Å². The van der Waals surface area contributed by atoms with Gasteiger partial charge >= 0.3 is 0 Å². The van der Waals surface area contributed by atoms with E-state index in [0.29, 0.717) is 0 Å². The van der Waals surface area contributed by atoms with Crippen molar-refractivity contribution in [3.05, 3.63) is 0 Å². The fraction of sp³-hybridized carbons (Fsp3) is 1.00. The molecule has 0 aromatic rings. The van der Waals surface area contributed by atoms with Crippen molar-refractivity contribution in [2.45, 2.75) is 25.4 Å². The fourth-order valence-electron chi connectivity index (χ4n) is 0.893. The highest BCUT2D eigenvalue weighted by Crippen LogP contribution is 2.32. The molecular formula is C4H6O2. The summed E-state index contributed by atoms with van der Waals surface area (Å²) in [7, 11) is 0. The van der Waals surface area contributed by atoms with Gasteiger partial charge in [0, 0.05) is 12.8 Å². The summed E-state index contributed by atoms with van der Waals surface area (Å²) in [5, 5.41) is 0. The zero-order valence-corrected chi connectivity index (χ0v) is 3.39. The van der Waals surface area contributed by atoms with Crippen molar-refractivity contribution in [2.24, 2.45) is 0 Å². The summed E-state index contributed by atoms with van der Waals surface area (Å²) in [5.74, 6) is 0. The highest BCUT2D eigenvalue weighted by atomic mass is 16.9. The summed E-state index contributed by atoms with van der Waals surface area (Å²) < 4.78 is 10.1. The van der Waals surface area contributed by atoms with Gasteiger partial charge in [-0.25, -0.2) is 0 Å². The van der Waals surface area contributed by atoms with Gasteiger partial charge in [-0.05, 0) is 0 Å². The maximum absolute atomic E-state index is 5.03. The van der Waals surface area contributed by atoms with Crippen molar-refractivity contribution in [2.75, 3.05) is 0 Å². The van der Waals surface area contributed by atoms with Crippen LogP contribution in [0.25, 0.3) is 0 Å². The van der Waals surface area contributed by atoms with Gasteiger partial charge in [-0.2, -0.15) is 0 Å². The molecule has 0 unspecified atom stereocenters. The number of fused-ring (bicyclic) bond motifs is 1. The third kappa shape index (κ3) is 0.200. The van der Waals surface area contributed by atoms with Crippen molar-refractivity contribution in [1.29, 1.82) is 0 Å². The lowest BCUT2D eigenvalue weighted by Crippen LogP contribution is -2.29. The minimum absolute atomic E-state index is 0.190. The maximum Gasteiger partial charge on any atom is 0.164 e. The average molecular weight is 86.1 g/mol. The van der Waals surface area contributed by atoms with E-state index in [4.69, 9.17) is 9.47 Å². The molecule has 34 valence electrons. The number of ether oxygens (including phenoxy) is 2. The zero-order chi connectivity index (χ0) is 3.98. The van der Waals surface area contributed by atoms with Gasteiger partial charge in [0.2, 0.25) is 0 Å². The van der Waals surface area contributed by atoms with Crippen molar-refractivity contribution in [1.82, 2.24) is 0 Å². The lowest BCUT2D eigenvalue weighted by Gasteiger charge is -2.24. The van der Waals surface area contributed by atoms with E-state index < -0.39 is 0 Å². The van der Waals surface area contributed by atoms with Crippen LogP contribution in [0.2, 0.25) is 0 Å². The Kier molecular flexibility index (Phi) is 0.383. The van der Waals surface area contributed by atoms with Crippen molar-refractivity contribution in [3.8, 4) is 0 Å². The fourth-order valence-corrected chi connectivity index (χ4v) is 0.893. The van der Waals surface area contributed by atoms with Gasteiger partial charge < -0.3 is 9.47 Å². The summed E-state index contributed by atoms with van der Waals surface area (Å²) in [4.78, 5) is 0. The molecule has 2 nitrogen and oxygen atoms in total. The summed E-state index contributed by atoms with van der Waals surface area (Å²) in [5.41, 5.74) is 0. The molecule has 2 heteroatoms. The van der Waals surface area contributed by atoms with E-state index in [1.807, 2.05) is 0 Å². The highest BCUT2D eigenvalue weighted by Gasteiger charge is 2.38. The predicted molar refractivity (Wildman–Crippen MR) is 19.0 cm³/mol. The Labute approximate surface area is 36.0 Å². The van der Waals surface area contributed by atoms with Gasteiger partial charge in [-0.15, -0.1) is 0 Å². The Morgan fingerprint density at radius 2 is 1.50 bits per heavy atom. The molecule has 6 heavy (non-hydrogen) atoms. The smallest absolute Gasteiger partial charge is 0.164 e. The Balaban J connectivity index is 2.16. The van der Waals surface area contributed by atoms with Crippen LogP contribution in [0.5, 0.6) is 0 Å². The van der Waals surface area contributed by atoms with Crippen LogP contribution in [0, 0.1) is 0 Å². The second kappa shape index (κ2) is 0.768. The number of rotatable bonds is 0. The molecule has 3 saturated heterocycles. The lowest BCUT2D eigenvalue weighted by molar-refractivity contribution is -0.337. The molecule has 0 aromatic carbocycles. The zero-order valence-electron chi connectivity index (χ0n) is 3.39. The van der Waals surface area contributed by atoms with E-state index in [1.54, 1.807) is 0 Å². The molecule has 0 atom stereocenters. The number of hydrogen-bond donors (Lipinski definition) is 0. The van der Waals surface area contributed by atoms with Crippen LogP contribution in [0.15, 0.2) is 0 Å². The second-order valence-corrected chi connectivity index (χ2v) is 1.71. The summed E-state index contributed by atoms with van der Waals surface area (Å²) >= 11 is 0. The van der Waals surface area contributed by atoms with E-state index in [0.717, 1.165) is 12.8 Å². The molecule has 0 radical (unpaired) electrons. The molecule has 3 rings (SSSR count). The van der Waals surface area contributed by atoms with Gasteiger partial charge in [-0.1, -0.05) is 0 Å². The molecular weight excluding hydrogens is 80.0 g/mol. The molecule has 3 aliphatic rings. The summed E-state index contributed by atoms with van der Waals surface area (Å²) in [6.45, 7) is 0. The molecule has 3 fully saturated rings. The Bertz CT molecular complexity index is 52.4. The first-order valence-electron chi connectivity index (χ1n) is 2.26. The molecule has 0 N–H and O–H groups in total. The topological polar surface area (TPSA) is 18.5 Å². The Morgan fingerprint density at radius 3 is 1.67 bits per heavy atom. The third-order valence-corrected chi connectivity index (χ3v) is 1.25. The average Bonchev–Trinajstić information content (AvgIpc) is 1.72. The monoisotopic (exact) mass is 86.0 g/mol. The minimum Gasteiger partial charge on any atom is -0.324 e. The van der Waals surface area contributed by atoms with Crippen LogP contribution in [-0.4, -0.2) is 12.6 Å². The van der Waals surface area contributed by atoms with Gasteiger partial charge in [0.1, 0.15) is 0 Å². The van der Waals surface area contributed by atoms with E-state index >= 15 is 0 Å². The van der Waals surface area contributed by atoms with Crippen LogP contribution in [0.1, 0.15) is 12.8 Å².